The standard InChI is InChI=1S/C30H32N4O4/c1-19(2)14-25(33-29(37)23-10-9-21-7-3-4-8-22(21)16-23)30(38)34(13-11-24-28(34)26(35)18-32-24)27(36)15-20-6-5-12-31-17-20/h3-10,12,16-17,19,24-25,28,32H,11,13-15,18H2,1-2H3/p+1. The first-order valence-electron chi connectivity index (χ1n) is 13.2. The molecule has 3 aromatic rings. The molecule has 8 heteroatoms. The van der Waals surface area contributed by atoms with Crippen molar-refractivity contribution in [2.75, 3.05) is 13.1 Å². The Kier molecular flexibility index (Phi) is 7.19. The molecule has 4 unspecified atom stereocenters. The van der Waals surface area contributed by atoms with Crippen molar-refractivity contribution in [3.63, 3.8) is 0 Å². The number of pyridine rings is 1. The predicted molar refractivity (Wildman–Crippen MR) is 143 cm³/mol. The van der Waals surface area contributed by atoms with Gasteiger partial charge in [0.05, 0.1) is 25.6 Å². The SMILES string of the molecule is CC(C)CC(NC(=O)c1ccc2ccccc2c1)C(=O)[N+]1(C(=O)Cc2cccnc2)CCC2NCC(=O)C21. The molecule has 0 saturated carbocycles. The number of Topliss-reactive ketones (excluding diaryl/α,β-unsaturated/α-hetero) is 1. The molecule has 5 rings (SSSR count). The third-order valence-electron chi connectivity index (χ3n) is 7.76. The highest BCUT2D eigenvalue weighted by Crippen LogP contribution is 2.34. The van der Waals surface area contributed by atoms with E-state index in [1.165, 1.54) is 0 Å². The van der Waals surface area contributed by atoms with Crippen LogP contribution in [0.4, 0.5) is 0 Å². The molecule has 2 fully saturated rings. The molecule has 196 valence electrons. The monoisotopic (exact) mass is 513 g/mol. The van der Waals surface area contributed by atoms with Crippen LogP contribution in [-0.4, -0.2) is 64.2 Å². The van der Waals surface area contributed by atoms with Gasteiger partial charge >= 0.3 is 11.8 Å². The average Bonchev–Trinajstić information content (AvgIpc) is 3.49. The number of ketones is 1. The Hall–Kier alpha value is -3.75. The van der Waals surface area contributed by atoms with Gasteiger partial charge in [-0.25, -0.2) is 9.59 Å². The first-order chi connectivity index (χ1) is 18.3. The van der Waals surface area contributed by atoms with Crippen LogP contribution in [0.15, 0.2) is 67.0 Å². The summed E-state index contributed by atoms with van der Waals surface area (Å²) in [6.07, 6.45) is 4.11. The molecular weight excluding hydrogens is 480 g/mol. The molecule has 3 amide bonds. The molecule has 2 N–H and O–H groups in total. The number of aromatic nitrogens is 1. The fourth-order valence-electron chi connectivity index (χ4n) is 5.98. The minimum atomic E-state index is -0.918. The van der Waals surface area contributed by atoms with Crippen LogP contribution in [-0.2, 0) is 20.8 Å². The zero-order valence-corrected chi connectivity index (χ0v) is 21.7. The summed E-state index contributed by atoms with van der Waals surface area (Å²) in [7, 11) is 0. The van der Waals surface area contributed by atoms with Crippen LogP contribution in [0, 0.1) is 5.92 Å². The molecule has 2 aromatic carbocycles. The Morgan fingerprint density at radius 2 is 1.87 bits per heavy atom. The van der Waals surface area contributed by atoms with Crippen molar-refractivity contribution in [1.82, 2.24) is 15.6 Å². The van der Waals surface area contributed by atoms with E-state index in [1.54, 1.807) is 36.7 Å². The number of likely N-dealkylation sites (tertiary alicyclic amines) is 1. The second-order valence-corrected chi connectivity index (χ2v) is 10.8. The summed E-state index contributed by atoms with van der Waals surface area (Å²) < 4.78 is -0.569. The van der Waals surface area contributed by atoms with Crippen molar-refractivity contribution in [1.29, 1.82) is 0 Å². The number of fused-ring (bicyclic) bond motifs is 2. The number of amides is 3. The molecule has 1 aromatic heterocycles. The lowest BCUT2D eigenvalue weighted by molar-refractivity contribution is -0.782. The second-order valence-electron chi connectivity index (χ2n) is 10.8. The molecule has 2 aliphatic heterocycles. The van der Waals surface area contributed by atoms with E-state index in [-0.39, 0.29) is 49.1 Å². The summed E-state index contributed by atoms with van der Waals surface area (Å²) in [5, 5.41) is 8.07. The van der Waals surface area contributed by atoms with E-state index in [0.29, 0.717) is 24.0 Å². The topological polar surface area (TPSA) is 105 Å². The van der Waals surface area contributed by atoms with Crippen LogP contribution < -0.4 is 10.6 Å². The number of benzene rings is 2. The first kappa shape index (κ1) is 25.9. The van der Waals surface area contributed by atoms with Gasteiger partial charge in [-0.2, -0.15) is 4.48 Å². The van der Waals surface area contributed by atoms with Crippen LogP contribution in [0.1, 0.15) is 42.6 Å². The van der Waals surface area contributed by atoms with Crippen LogP contribution in [0.3, 0.4) is 0 Å². The molecule has 8 nitrogen and oxygen atoms in total. The van der Waals surface area contributed by atoms with Crippen LogP contribution in [0.5, 0.6) is 0 Å². The highest BCUT2D eigenvalue weighted by atomic mass is 16.2. The van der Waals surface area contributed by atoms with Crippen molar-refractivity contribution >= 4 is 34.3 Å². The lowest BCUT2D eigenvalue weighted by atomic mass is 9.98. The Morgan fingerprint density at radius 3 is 2.61 bits per heavy atom. The van der Waals surface area contributed by atoms with E-state index < -0.39 is 22.5 Å². The average molecular weight is 514 g/mol. The van der Waals surface area contributed by atoms with Crippen molar-refractivity contribution in [2.24, 2.45) is 5.92 Å². The van der Waals surface area contributed by atoms with E-state index in [4.69, 9.17) is 0 Å². The largest absolute Gasteiger partial charge is 0.344 e. The number of nitrogens with one attached hydrogen (secondary N) is 2. The fraction of sp³-hybridized carbons (Fsp3) is 0.367. The molecule has 4 atom stereocenters. The summed E-state index contributed by atoms with van der Waals surface area (Å²) in [5.41, 5.74) is 1.13. The number of hydrogen-bond donors (Lipinski definition) is 2. The number of carbonyl (C=O) groups excluding carboxylic acids is 4. The van der Waals surface area contributed by atoms with E-state index in [9.17, 15) is 19.2 Å². The van der Waals surface area contributed by atoms with Crippen molar-refractivity contribution in [3.8, 4) is 0 Å². The van der Waals surface area contributed by atoms with Gasteiger partial charge < -0.3 is 10.6 Å². The number of hydrogen-bond acceptors (Lipinski definition) is 6. The van der Waals surface area contributed by atoms with Gasteiger partial charge in [0, 0.05) is 24.4 Å². The van der Waals surface area contributed by atoms with Gasteiger partial charge in [0.15, 0.2) is 6.04 Å². The number of quaternary nitrogens is 1. The lowest BCUT2D eigenvalue weighted by Gasteiger charge is -2.36. The van der Waals surface area contributed by atoms with Gasteiger partial charge in [-0.15, -0.1) is 0 Å². The smallest absolute Gasteiger partial charge is 0.337 e. The van der Waals surface area contributed by atoms with Crippen molar-refractivity contribution in [3.05, 3.63) is 78.1 Å². The Bertz CT molecular complexity index is 1390. The van der Waals surface area contributed by atoms with Gasteiger partial charge in [-0.1, -0.05) is 50.2 Å². The third-order valence-corrected chi connectivity index (χ3v) is 7.76. The summed E-state index contributed by atoms with van der Waals surface area (Å²) in [5.74, 6) is -1.18. The van der Waals surface area contributed by atoms with Gasteiger partial charge in [0.2, 0.25) is 5.78 Å². The van der Waals surface area contributed by atoms with Gasteiger partial charge in [-0.3, -0.25) is 14.6 Å². The Balaban J connectivity index is 1.49. The third kappa shape index (κ3) is 4.77. The maximum atomic E-state index is 14.4. The van der Waals surface area contributed by atoms with E-state index in [2.05, 4.69) is 15.6 Å². The zero-order valence-electron chi connectivity index (χ0n) is 21.7. The van der Waals surface area contributed by atoms with Crippen molar-refractivity contribution < 1.29 is 23.7 Å². The number of nitrogens with zero attached hydrogens (tertiary/aromatic N) is 2. The number of imide groups is 1. The van der Waals surface area contributed by atoms with Gasteiger partial charge in [0.25, 0.3) is 5.91 Å². The second kappa shape index (κ2) is 10.6. The molecule has 3 heterocycles. The summed E-state index contributed by atoms with van der Waals surface area (Å²) >= 11 is 0. The quantitative estimate of drug-likeness (QED) is 0.471. The van der Waals surface area contributed by atoms with Gasteiger partial charge in [0.1, 0.15) is 6.04 Å². The van der Waals surface area contributed by atoms with Crippen molar-refractivity contribution in [2.45, 2.75) is 51.2 Å². The minimum Gasteiger partial charge on any atom is -0.337 e. The molecule has 0 spiro atoms. The Labute approximate surface area is 222 Å². The van der Waals surface area contributed by atoms with E-state index in [1.807, 2.05) is 44.2 Å². The highest BCUT2D eigenvalue weighted by Gasteiger charge is 2.64. The van der Waals surface area contributed by atoms with Crippen LogP contribution in [0.25, 0.3) is 10.8 Å². The van der Waals surface area contributed by atoms with Crippen LogP contribution in [0.2, 0.25) is 0 Å². The maximum Gasteiger partial charge on any atom is 0.344 e. The summed E-state index contributed by atoms with van der Waals surface area (Å²) in [6, 6.07) is 14.8. The highest BCUT2D eigenvalue weighted by molar-refractivity contribution is 6.02. The predicted octanol–water partition coefficient (Wildman–Crippen LogP) is 2.81. The number of rotatable bonds is 7. The van der Waals surface area contributed by atoms with Gasteiger partial charge in [-0.05, 0) is 46.9 Å². The molecular formula is C30H33N4O4+. The Morgan fingerprint density at radius 1 is 1.08 bits per heavy atom. The maximum absolute atomic E-state index is 14.4. The number of carbonyl (C=O) groups is 4. The molecule has 2 saturated heterocycles. The summed E-state index contributed by atoms with van der Waals surface area (Å²) in [4.78, 5) is 59.0. The zero-order chi connectivity index (χ0) is 26.9. The first-order valence-corrected chi connectivity index (χ1v) is 13.2. The molecule has 0 radical (unpaired) electrons. The van der Waals surface area contributed by atoms with E-state index in [0.717, 1.165) is 10.8 Å². The normalized spacial score (nSPS) is 23.4. The fourth-order valence-corrected chi connectivity index (χ4v) is 5.98. The van der Waals surface area contributed by atoms with E-state index >= 15 is 0 Å². The molecule has 0 bridgehead atoms. The molecule has 0 aliphatic carbocycles. The molecule has 38 heavy (non-hydrogen) atoms. The van der Waals surface area contributed by atoms with Crippen LogP contribution >= 0.6 is 0 Å². The molecule has 2 aliphatic rings. The minimum absolute atomic E-state index is 0.0108. The lowest BCUT2D eigenvalue weighted by Crippen LogP contribution is -2.68. The summed E-state index contributed by atoms with van der Waals surface area (Å²) in [6.45, 7) is 4.31.